The third kappa shape index (κ3) is 4.45. The number of carbonyl (C=O) groups is 1. The number of ether oxygens (including phenoxy) is 1. The van der Waals surface area contributed by atoms with Gasteiger partial charge >= 0.3 is 5.97 Å². The Balaban J connectivity index is 1.23. The Morgan fingerprint density at radius 1 is 0.786 bits per heavy atom. The van der Waals surface area contributed by atoms with Gasteiger partial charge in [-0.25, -0.2) is 4.79 Å². The number of hydrogen-bond donors (Lipinski definition) is 1. The van der Waals surface area contributed by atoms with Crippen molar-refractivity contribution in [1.29, 1.82) is 0 Å². The number of phenolic OH excluding ortho intramolecular Hbond substituents is 1. The third-order valence-electron chi connectivity index (χ3n) is 14.5. The molecule has 42 heavy (non-hydrogen) atoms. The third-order valence-corrected chi connectivity index (χ3v) is 14.5. The van der Waals surface area contributed by atoms with Gasteiger partial charge in [-0.15, -0.1) is 0 Å². The zero-order valence-corrected chi connectivity index (χ0v) is 27.7. The van der Waals surface area contributed by atoms with Crippen LogP contribution in [0.2, 0.25) is 0 Å². The van der Waals surface area contributed by atoms with Crippen molar-refractivity contribution < 1.29 is 14.6 Å². The molecule has 3 heteroatoms. The summed E-state index contributed by atoms with van der Waals surface area (Å²) in [6, 6.07) is 6.89. The summed E-state index contributed by atoms with van der Waals surface area (Å²) in [7, 11) is 0. The predicted molar refractivity (Wildman–Crippen MR) is 172 cm³/mol. The molecule has 0 heterocycles. The number of esters is 1. The maximum absolute atomic E-state index is 13.0. The van der Waals surface area contributed by atoms with E-state index in [2.05, 4.69) is 61.5 Å². The van der Waals surface area contributed by atoms with Crippen molar-refractivity contribution in [2.45, 2.75) is 126 Å². The summed E-state index contributed by atoms with van der Waals surface area (Å²) in [6.07, 6.45) is 18.7. The highest BCUT2D eigenvalue weighted by Crippen LogP contribution is 2.76. The van der Waals surface area contributed by atoms with Gasteiger partial charge in [0.05, 0.1) is 0 Å². The first kappa shape index (κ1) is 30.0. The fourth-order valence-corrected chi connectivity index (χ4v) is 11.7. The van der Waals surface area contributed by atoms with Crippen LogP contribution in [0.15, 0.2) is 42.0 Å². The van der Waals surface area contributed by atoms with Gasteiger partial charge in [0.15, 0.2) is 0 Å². The molecule has 4 saturated carbocycles. The quantitative estimate of drug-likeness (QED) is 0.223. The van der Waals surface area contributed by atoms with Crippen LogP contribution >= 0.6 is 0 Å². The molecule has 1 aromatic rings. The summed E-state index contributed by atoms with van der Waals surface area (Å²) in [5.74, 6) is 1.97. The van der Waals surface area contributed by atoms with Crippen molar-refractivity contribution >= 4 is 12.0 Å². The first-order valence-corrected chi connectivity index (χ1v) is 17.0. The largest absolute Gasteiger partial charge is 0.508 e. The van der Waals surface area contributed by atoms with E-state index in [1.807, 2.05) is 17.7 Å². The van der Waals surface area contributed by atoms with E-state index >= 15 is 0 Å². The molecular formula is C39H56O3. The molecule has 8 atom stereocenters. The minimum absolute atomic E-state index is 0.0603. The highest BCUT2D eigenvalue weighted by atomic mass is 16.5. The Hall–Kier alpha value is -2.03. The lowest BCUT2D eigenvalue weighted by Gasteiger charge is -2.72. The molecule has 0 aliphatic heterocycles. The topological polar surface area (TPSA) is 46.5 Å². The van der Waals surface area contributed by atoms with Crippen LogP contribution in [0.3, 0.4) is 0 Å². The molecular weight excluding hydrogens is 516 g/mol. The van der Waals surface area contributed by atoms with Crippen molar-refractivity contribution in [1.82, 2.24) is 0 Å². The monoisotopic (exact) mass is 572 g/mol. The van der Waals surface area contributed by atoms with Crippen molar-refractivity contribution in [2.24, 2.45) is 50.2 Å². The Labute approximate surface area is 255 Å². The van der Waals surface area contributed by atoms with Gasteiger partial charge < -0.3 is 9.84 Å². The van der Waals surface area contributed by atoms with Crippen molar-refractivity contribution in [3.8, 4) is 5.75 Å². The van der Waals surface area contributed by atoms with Crippen molar-refractivity contribution in [3.63, 3.8) is 0 Å². The average Bonchev–Trinajstić information content (AvgIpc) is 2.91. The van der Waals surface area contributed by atoms with E-state index < -0.39 is 0 Å². The zero-order valence-electron chi connectivity index (χ0n) is 27.7. The van der Waals surface area contributed by atoms with Gasteiger partial charge in [0, 0.05) is 11.5 Å². The van der Waals surface area contributed by atoms with Crippen LogP contribution in [-0.2, 0) is 9.53 Å². The van der Waals surface area contributed by atoms with Gasteiger partial charge in [-0.3, -0.25) is 0 Å². The number of benzene rings is 1. The standard InChI is InChI=1S/C39H56O3/c1-34(2)21-22-36(5)23-24-38(7)28(29(36)25-34)14-15-31-37(6)19-18-32(35(3,4)30(37)17-20-39(31,38)8)42-33(41)16-11-26-9-12-27(40)13-10-26/h9-13,16,25,28,30-32,40H,14-15,17-24H2,1-8H3/b16-11-/t28-,30+,31-,32+,36-,37+,38-,39-/m1/s1. The molecule has 3 nitrogen and oxygen atoms in total. The van der Waals surface area contributed by atoms with Crippen LogP contribution in [0.25, 0.3) is 6.08 Å². The van der Waals surface area contributed by atoms with Crippen molar-refractivity contribution in [2.75, 3.05) is 0 Å². The first-order valence-electron chi connectivity index (χ1n) is 17.0. The van der Waals surface area contributed by atoms with Gasteiger partial charge in [-0.1, -0.05) is 79.2 Å². The van der Waals surface area contributed by atoms with Crippen LogP contribution in [-0.4, -0.2) is 17.2 Å². The number of carbonyl (C=O) groups excluding carboxylic acids is 1. The molecule has 0 saturated heterocycles. The Kier molecular flexibility index (Phi) is 6.96. The lowest BCUT2D eigenvalue weighted by atomic mass is 9.32. The summed E-state index contributed by atoms with van der Waals surface area (Å²) in [6.45, 7) is 20.3. The minimum Gasteiger partial charge on any atom is -0.508 e. The number of hydrogen-bond acceptors (Lipinski definition) is 3. The summed E-state index contributed by atoms with van der Waals surface area (Å²) >= 11 is 0. The smallest absolute Gasteiger partial charge is 0.331 e. The van der Waals surface area contributed by atoms with E-state index in [-0.39, 0.29) is 28.7 Å². The summed E-state index contributed by atoms with van der Waals surface area (Å²) in [5.41, 5.74) is 4.36. The number of allylic oxidation sites excluding steroid dienone is 2. The zero-order chi connectivity index (χ0) is 30.3. The van der Waals surface area contributed by atoms with E-state index in [1.165, 1.54) is 51.4 Å². The molecule has 0 amide bonds. The van der Waals surface area contributed by atoms with Gasteiger partial charge in [0.25, 0.3) is 0 Å². The molecule has 5 aliphatic carbocycles. The second-order valence-corrected chi connectivity index (χ2v) is 17.5. The molecule has 6 rings (SSSR count). The van der Waals surface area contributed by atoms with E-state index in [0.717, 1.165) is 30.2 Å². The van der Waals surface area contributed by atoms with Crippen LogP contribution in [0.5, 0.6) is 5.75 Å². The number of aromatic hydroxyl groups is 1. The highest BCUT2D eigenvalue weighted by molar-refractivity contribution is 5.87. The number of phenols is 1. The summed E-state index contributed by atoms with van der Waals surface area (Å²) < 4.78 is 6.22. The average molecular weight is 573 g/mol. The molecule has 0 bridgehead atoms. The molecule has 5 aliphatic rings. The Bertz CT molecular complexity index is 1280. The Morgan fingerprint density at radius 2 is 1.48 bits per heavy atom. The maximum atomic E-state index is 13.0. The Morgan fingerprint density at radius 3 is 2.19 bits per heavy atom. The van der Waals surface area contributed by atoms with E-state index in [0.29, 0.717) is 27.6 Å². The molecule has 1 N–H and O–H groups in total. The second kappa shape index (κ2) is 9.73. The van der Waals surface area contributed by atoms with Crippen LogP contribution in [0.4, 0.5) is 0 Å². The fraction of sp³-hybridized carbons (Fsp3) is 0.718. The maximum Gasteiger partial charge on any atom is 0.331 e. The minimum atomic E-state index is -0.257. The highest BCUT2D eigenvalue weighted by Gasteiger charge is 2.69. The first-order chi connectivity index (χ1) is 19.5. The molecule has 4 fully saturated rings. The van der Waals surface area contributed by atoms with E-state index in [9.17, 15) is 9.90 Å². The van der Waals surface area contributed by atoms with Gasteiger partial charge in [-0.2, -0.15) is 0 Å². The van der Waals surface area contributed by atoms with E-state index in [1.54, 1.807) is 24.3 Å². The molecule has 1 aromatic carbocycles. The second-order valence-electron chi connectivity index (χ2n) is 17.5. The number of fused-ring (bicyclic) bond motifs is 7. The normalized spacial score (nSPS) is 43.8. The van der Waals surface area contributed by atoms with E-state index in [4.69, 9.17) is 4.74 Å². The number of rotatable bonds is 3. The molecule has 0 spiro atoms. The summed E-state index contributed by atoms with van der Waals surface area (Å²) in [4.78, 5) is 13.0. The predicted octanol–water partition coefficient (Wildman–Crippen LogP) is 10.1. The fourth-order valence-electron chi connectivity index (χ4n) is 11.7. The van der Waals surface area contributed by atoms with Gasteiger partial charge in [0.1, 0.15) is 11.9 Å². The molecule has 230 valence electrons. The summed E-state index contributed by atoms with van der Waals surface area (Å²) in [5, 5.41) is 9.54. The molecule has 0 radical (unpaired) electrons. The van der Waals surface area contributed by atoms with Crippen molar-refractivity contribution in [3.05, 3.63) is 47.6 Å². The molecule has 0 unspecified atom stereocenters. The van der Waals surface area contributed by atoms with Gasteiger partial charge in [0.2, 0.25) is 0 Å². The lowest BCUT2D eigenvalue weighted by Crippen LogP contribution is -2.66. The van der Waals surface area contributed by atoms with Gasteiger partial charge in [-0.05, 0) is 133 Å². The van der Waals surface area contributed by atoms with Crippen LogP contribution in [0.1, 0.15) is 125 Å². The molecule has 0 aromatic heterocycles. The lowest BCUT2D eigenvalue weighted by molar-refractivity contribution is -0.232. The van der Waals surface area contributed by atoms with Crippen LogP contribution in [0, 0.1) is 50.2 Å². The van der Waals surface area contributed by atoms with Crippen LogP contribution < -0.4 is 0 Å². The SMILES string of the molecule is CC1(C)C=C2[C@H]3CC[C@@H]4[C@@]5(C)CC[C@H](OC(=O)/C=C\c6ccc(O)cc6)C(C)(C)[C@@H]5CC[C@@]4(C)[C@]3(C)CC[C@@]2(C)CC1.